The van der Waals surface area contributed by atoms with Crippen molar-refractivity contribution in [3.05, 3.63) is 59.7 Å². The molecule has 2 aromatic carbocycles. The van der Waals surface area contributed by atoms with Crippen molar-refractivity contribution in [2.24, 2.45) is 0 Å². The van der Waals surface area contributed by atoms with Crippen LogP contribution in [0.4, 0.5) is 13.2 Å². The van der Waals surface area contributed by atoms with E-state index in [2.05, 4.69) is 0 Å². The molecule has 2 aromatic rings. The van der Waals surface area contributed by atoms with Gasteiger partial charge in [0.25, 0.3) is 5.91 Å². The zero-order valence-electron chi connectivity index (χ0n) is 16.2. The van der Waals surface area contributed by atoms with Crippen LogP contribution in [0.15, 0.2) is 53.4 Å². The smallest absolute Gasteiger partial charge is 0.416 e. The Bertz CT molecular complexity index is 1020. The molecule has 1 fully saturated rings. The second kappa shape index (κ2) is 8.65. The van der Waals surface area contributed by atoms with Crippen molar-refractivity contribution in [2.75, 3.05) is 32.8 Å². The Morgan fingerprint density at radius 2 is 1.70 bits per heavy atom. The highest BCUT2D eigenvalue weighted by molar-refractivity contribution is 7.89. The van der Waals surface area contributed by atoms with Crippen LogP contribution < -0.4 is 4.74 Å². The van der Waals surface area contributed by atoms with Gasteiger partial charge in [0.15, 0.2) is 0 Å². The van der Waals surface area contributed by atoms with Crippen molar-refractivity contribution in [2.45, 2.75) is 18.0 Å². The van der Waals surface area contributed by atoms with E-state index in [4.69, 9.17) is 4.74 Å². The molecule has 162 valence electrons. The van der Waals surface area contributed by atoms with Gasteiger partial charge < -0.3 is 9.64 Å². The van der Waals surface area contributed by atoms with Crippen LogP contribution in [-0.4, -0.2) is 56.3 Å². The molecule has 1 amide bonds. The minimum atomic E-state index is -4.63. The molecule has 0 atom stereocenters. The van der Waals surface area contributed by atoms with Crippen LogP contribution in [-0.2, 0) is 16.2 Å². The summed E-state index contributed by atoms with van der Waals surface area (Å²) in [5, 5.41) is 0. The molecule has 1 saturated heterocycles. The fourth-order valence-corrected chi connectivity index (χ4v) is 4.68. The number of halogens is 3. The minimum absolute atomic E-state index is 0.0128. The van der Waals surface area contributed by atoms with Crippen molar-refractivity contribution < 1.29 is 31.1 Å². The lowest BCUT2D eigenvalue weighted by molar-refractivity contribution is -0.137. The molecule has 0 saturated carbocycles. The molecule has 0 spiro atoms. The number of para-hydroxylation sites is 1. The summed E-state index contributed by atoms with van der Waals surface area (Å²) in [5.74, 6) is 0.166. The minimum Gasteiger partial charge on any atom is -0.493 e. The lowest BCUT2D eigenvalue weighted by atomic mass is 10.1. The maximum absolute atomic E-state index is 12.9. The first kappa shape index (κ1) is 22.1. The average Bonchev–Trinajstić information content (AvgIpc) is 2.73. The van der Waals surface area contributed by atoms with Gasteiger partial charge in [-0.1, -0.05) is 18.2 Å². The highest BCUT2D eigenvalue weighted by atomic mass is 32.2. The standard InChI is InChI=1S/C20H21F3N2O4S/c1-2-29-18-9-4-3-8-17(18)19(26)24-10-12-25(13-11-24)30(27,28)16-7-5-6-15(14-16)20(21,22)23/h3-9,14H,2,10-13H2,1H3. The summed E-state index contributed by atoms with van der Waals surface area (Å²) in [4.78, 5) is 13.9. The summed E-state index contributed by atoms with van der Waals surface area (Å²) in [6, 6.07) is 10.5. The normalized spacial score (nSPS) is 15.8. The fourth-order valence-electron chi connectivity index (χ4n) is 3.21. The predicted molar refractivity (Wildman–Crippen MR) is 104 cm³/mol. The SMILES string of the molecule is CCOc1ccccc1C(=O)N1CCN(S(=O)(=O)c2cccc(C(F)(F)F)c2)CC1. The number of amides is 1. The van der Waals surface area contributed by atoms with E-state index in [0.717, 1.165) is 22.5 Å². The Morgan fingerprint density at radius 3 is 2.33 bits per heavy atom. The first-order valence-electron chi connectivity index (χ1n) is 9.33. The van der Waals surface area contributed by atoms with Crippen LogP contribution in [0.3, 0.4) is 0 Å². The Labute approximate surface area is 172 Å². The Balaban J connectivity index is 1.73. The third-order valence-corrected chi connectivity index (χ3v) is 6.64. The lowest BCUT2D eigenvalue weighted by Gasteiger charge is -2.34. The second-order valence-corrected chi connectivity index (χ2v) is 8.59. The monoisotopic (exact) mass is 442 g/mol. The molecule has 1 aliphatic rings. The van der Waals surface area contributed by atoms with Gasteiger partial charge in [0.1, 0.15) is 5.75 Å². The van der Waals surface area contributed by atoms with E-state index in [9.17, 15) is 26.4 Å². The number of hydrogen-bond acceptors (Lipinski definition) is 4. The van der Waals surface area contributed by atoms with E-state index >= 15 is 0 Å². The Kier molecular flexibility index (Phi) is 6.37. The number of hydrogen-bond donors (Lipinski definition) is 0. The van der Waals surface area contributed by atoms with E-state index in [-0.39, 0.29) is 32.1 Å². The molecule has 0 bridgehead atoms. The molecule has 0 unspecified atom stereocenters. The highest BCUT2D eigenvalue weighted by Crippen LogP contribution is 2.31. The van der Waals surface area contributed by atoms with Gasteiger partial charge >= 0.3 is 6.18 Å². The zero-order valence-corrected chi connectivity index (χ0v) is 17.0. The summed E-state index contributed by atoms with van der Waals surface area (Å²) >= 11 is 0. The third-order valence-electron chi connectivity index (χ3n) is 4.74. The molecule has 1 aliphatic heterocycles. The van der Waals surface area contributed by atoms with Gasteiger partial charge in [-0.25, -0.2) is 8.42 Å². The molecule has 0 radical (unpaired) electrons. The van der Waals surface area contributed by atoms with Crippen LogP contribution >= 0.6 is 0 Å². The molecule has 30 heavy (non-hydrogen) atoms. The van der Waals surface area contributed by atoms with Crippen molar-refractivity contribution in [1.29, 1.82) is 0 Å². The number of nitrogens with zero attached hydrogens (tertiary/aromatic N) is 2. The maximum atomic E-state index is 12.9. The number of piperazine rings is 1. The van der Waals surface area contributed by atoms with Gasteiger partial charge in [0.2, 0.25) is 10.0 Å². The Hall–Kier alpha value is -2.59. The van der Waals surface area contributed by atoms with E-state index in [0.29, 0.717) is 24.0 Å². The van der Waals surface area contributed by atoms with Crippen molar-refractivity contribution >= 4 is 15.9 Å². The largest absolute Gasteiger partial charge is 0.493 e. The number of sulfonamides is 1. The van der Waals surface area contributed by atoms with E-state index in [1.165, 1.54) is 4.90 Å². The van der Waals surface area contributed by atoms with Gasteiger partial charge in [-0.2, -0.15) is 17.5 Å². The van der Waals surface area contributed by atoms with Crippen LogP contribution in [0.2, 0.25) is 0 Å². The lowest BCUT2D eigenvalue weighted by Crippen LogP contribution is -2.50. The van der Waals surface area contributed by atoms with Crippen LogP contribution in [0.25, 0.3) is 0 Å². The van der Waals surface area contributed by atoms with E-state index in [1.54, 1.807) is 31.2 Å². The van der Waals surface area contributed by atoms with Crippen LogP contribution in [0.1, 0.15) is 22.8 Å². The molecule has 1 heterocycles. The number of rotatable bonds is 5. The number of alkyl halides is 3. The summed E-state index contributed by atoms with van der Waals surface area (Å²) in [6.45, 7) is 2.42. The van der Waals surface area contributed by atoms with E-state index in [1.807, 2.05) is 0 Å². The van der Waals surface area contributed by atoms with Gasteiger partial charge in [0.05, 0.1) is 22.6 Å². The summed E-state index contributed by atoms with van der Waals surface area (Å²) in [7, 11) is -4.10. The van der Waals surface area contributed by atoms with E-state index < -0.39 is 26.7 Å². The van der Waals surface area contributed by atoms with Crippen molar-refractivity contribution in [1.82, 2.24) is 9.21 Å². The summed E-state index contributed by atoms with van der Waals surface area (Å²) < 4.78 is 70.9. The third kappa shape index (κ3) is 4.59. The molecular weight excluding hydrogens is 421 g/mol. The molecule has 0 aromatic heterocycles. The molecule has 0 aliphatic carbocycles. The molecule has 0 N–H and O–H groups in total. The molecule has 6 nitrogen and oxygen atoms in total. The van der Waals surface area contributed by atoms with Gasteiger partial charge in [0, 0.05) is 26.2 Å². The van der Waals surface area contributed by atoms with Crippen molar-refractivity contribution in [3.63, 3.8) is 0 Å². The average molecular weight is 442 g/mol. The number of carbonyl (C=O) groups excluding carboxylic acids is 1. The van der Waals surface area contributed by atoms with Gasteiger partial charge in [-0.15, -0.1) is 0 Å². The number of ether oxygens (including phenoxy) is 1. The molecule has 10 heteroatoms. The number of benzene rings is 2. The first-order chi connectivity index (χ1) is 14.1. The summed E-state index contributed by atoms with van der Waals surface area (Å²) in [6.07, 6.45) is -4.63. The first-order valence-corrected chi connectivity index (χ1v) is 10.8. The second-order valence-electron chi connectivity index (χ2n) is 6.65. The molecule has 3 rings (SSSR count). The van der Waals surface area contributed by atoms with Crippen molar-refractivity contribution in [3.8, 4) is 5.75 Å². The quantitative estimate of drug-likeness (QED) is 0.713. The van der Waals surface area contributed by atoms with Gasteiger partial charge in [-0.05, 0) is 37.3 Å². The Morgan fingerprint density at radius 1 is 1.03 bits per heavy atom. The maximum Gasteiger partial charge on any atom is 0.416 e. The number of carbonyl (C=O) groups is 1. The fraction of sp³-hybridized carbons (Fsp3) is 0.350. The van der Waals surface area contributed by atoms with Crippen LogP contribution in [0, 0.1) is 0 Å². The van der Waals surface area contributed by atoms with Crippen LogP contribution in [0.5, 0.6) is 5.75 Å². The summed E-state index contributed by atoms with van der Waals surface area (Å²) in [5.41, 5.74) is -0.640. The van der Waals surface area contributed by atoms with Gasteiger partial charge in [-0.3, -0.25) is 4.79 Å². The zero-order chi connectivity index (χ0) is 21.9. The molecular formula is C20H21F3N2O4S. The predicted octanol–water partition coefficient (Wildman–Crippen LogP) is 3.25. The topological polar surface area (TPSA) is 66.9 Å². The highest BCUT2D eigenvalue weighted by Gasteiger charge is 2.34.